The zero-order valence-corrected chi connectivity index (χ0v) is 10.7. The molecule has 2 atom stereocenters. The molecule has 0 heterocycles. The minimum atomic E-state index is -4.56. The van der Waals surface area contributed by atoms with Crippen LogP contribution >= 0.6 is 0 Å². The summed E-state index contributed by atoms with van der Waals surface area (Å²) in [4.78, 5) is 0. The van der Waals surface area contributed by atoms with Gasteiger partial charge in [0.15, 0.2) is 0 Å². The minimum Gasteiger partial charge on any atom is -0.388 e. The molecule has 2 nitrogen and oxygen atoms in total. The van der Waals surface area contributed by atoms with Crippen molar-refractivity contribution < 1.29 is 27.4 Å². The van der Waals surface area contributed by atoms with Crippen molar-refractivity contribution in [1.82, 2.24) is 0 Å². The molecule has 0 saturated carbocycles. The molecule has 0 aliphatic heterocycles. The van der Waals surface area contributed by atoms with Gasteiger partial charge in [0, 0.05) is 19.3 Å². The largest absolute Gasteiger partial charge is 0.416 e. The lowest BCUT2D eigenvalue weighted by Gasteiger charge is -2.20. The summed E-state index contributed by atoms with van der Waals surface area (Å²) in [6.07, 6.45) is -5.43. The number of hydrogen-bond donors (Lipinski definition) is 1. The summed E-state index contributed by atoms with van der Waals surface area (Å²) in [6.45, 7) is 1.97. The van der Waals surface area contributed by atoms with Gasteiger partial charge in [0.1, 0.15) is 5.82 Å². The van der Waals surface area contributed by atoms with Crippen molar-refractivity contribution in [3.63, 3.8) is 0 Å². The van der Waals surface area contributed by atoms with E-state index in [2.05, 4.69) is 0 Å². The summed E-state index contributed by atoms with van der Waals surface area (Å²) in [7, 11) is 1.48. The monoisotopic (exact) mass is 280 g/mol. The van der Waals surface area contributed by atoms with Gasteiger partial charge in [-0.1, -0.05) is 6.92 Å². The van der Waals surface area contributed by atoms with Crippen LogP contribution in [0.4, 0.5) is 17.6 Å². The summed E-state index contributed by atoms with van der Waals surface area (Å²) >= 11 is 0. The zero-order chi connectivity index (χ0) is 14.6. The van der Waals surface area contributed by atoms with E-state index in [4.69, 9.17) is 4.74 Å². The van der Waals surface area contributed by atoms with Gasteiger partial charge < -0.3 is 9.84 Å². The Morgan fingerprint density at radius 1 is 1.32 bits per heavy atom. The third-order valence-corrected chi connectivity index (χ3v) is 2.96. The van der Waals surface area contributed by atoms with E-state index in [9.17, 15) is 22.7 Å². The highest BCUT2D eigenvalue weighted by Gasteiger charge is 2.32. The number of methoxy groups -OCH3 is 1. The van der Waals surface area contributed by atoms with E-state index >= 15 is 0 Å². The summed E-state index contributed by atoms with van der Waals surface area (Å²) in [5.41, 5.74) is -1.31. The van der Waals surface area contributed by atoms with Crippen molar-refractivity contribution in [2.24, 2.45) is 5.92 Å². The van der Waals surface area contributed by atoms with E-state index in [-0.39, 0.29) is 5.56 Å². The fraction of sp³-hybridized carbons (Fsp3) is 0.538. The second-order valence-corrected chi connectivity index (χ2v) is 4.44. The molecular weight excluding hydrogens is 264 g/mol. The van der Waals surface area contributed by atoms with Crippen LogP contribution in [0.25, 0.3) is 0 Å². The van der Waals surface area contributed by atoms with Gasteiger partial charge in [0.05, 0.1) is 11.7 Å². The van der Waals surface area contributed by atoms with E-state index in [0.717, 1.165) is 6.07 Å². The lowest BCUT2D eigenvalue weighted by molar-refractivity contribution is -0.137. The van der Waals surface area contributed by atoms with Crippen molar-refractivity contribution in [2.45, 2.75) is 25.6 Å². The third-order valence-electron chi connectivity index (χ3n) is 2.96. The van der Waals surface area contributed by atoms with E-state index in [1.54, 1.807) is 6.92 Å². The van der Waals surface area contributed by atoms with Crippen molar-refractivity contribution in [3.8, 4) is 0 Å². The first kappa shape index (κ1) is 15.9. The highest BCUT2D eigenvalue weighted by molar-refractivity contribution is 5.29. The van der Waals surface area contributed by atoms with Gasteiger partial charge in [0.2, 0.25) is 0 Å². The van der Waals surface area contributed by atoms with Gasteiger partial charge in [-0.25, -0.2) is 4.39 Å². The van der Waals surface area contributed by atoms with Crippen molar-refractivity contribution >= 4 is 0 Å². The van der Waals surface area contributed by atoms with Crippen LogP contribution in [0, 0.1) is 11.7 Å². The van der Waals surface area contributed by atoms with E-state index in [0.29, 0.717) is 25.2 Å². The SMILES string of the molecule is COCCC(C)C(O)c1cc(C(F)(F)F)ccc1F. The number of aliphatic hydroxyl groups excluding tert-OH is 1. The van der Waals surface area contributed by atoms with Crippen LogP contribution in [0.3, 0.4) is 0 Å². The minimum absolute atomic E-state index is 0.335. The molecule has 1 aromatic carbocycles. The highest BCUT2D eigenvalue weighted by Crippen LogP contribution is 2.34. The van der Waals surface area contributed by atoms with Gasteiger partial charge >= 0.3 is 6.18 Å². The molecule has 6 heteroatoms. The Balaban J connectivity index is 2.98. The average molecular weight is 280 g/mol. The maximum atomic E-state index is 13.5. The number of hydrogen-bond acceptors (Lipinski definition) is 2. The van der Waals surface area contributed by atoms with Crippen molar-refractivity contribution in [3.05, 3.63) is 35.1 Å². The molecule has 0 aliphatic rings. The Hall–Kier alpha value is -1.14. The molecule has 0 spiro atoms. The Kier molecular flexibility index (Phi) is 5.31. The smallest absolute Gasteiger partial charge is 0.388 e. The quantitative estimate of drug-likeness (QED) is 0.836. The lowest BCUT2D eigenvalue weighted by atomic mass is 9.93. The molecule has 0 fully saturated rings. The summed E-state index contributed by atoms with van der Waals surface area (Å²) < 4.78 is 56.0. The van der Waals surface area contributed by atoms with Gasteiger partial charge in [-0.3, -0.25) is 0 Å². The Morgan fingerprint density at radius 3 is 2.47 bits per heavy atom. The number of ether oxygens (including phenoxy) is 1. The zero-order valence-electron chi connectivity index (χ0n) is 10.7. The standard InChI is InChI=1S/C13H16F4O2/c1-8(5-6-19-2)12(18)10-7-9(13(15,16)17)3-4-11(10)14/h3-4,7-8,12,18H,5-6H2,1-2H3. The van der Waals surface area contributed by atoms with Gasteiger partial charge in [-0.05, 0) is 30.5 Å². The molecule has 1 rings (SSSR count). The fourth-order valence-corrected chi connectivity index (χ4v) is 1.71. The number of alkyl halides is 3. The van der Waals surface area contributed by atoms with Crippen molar-refractivity contribution in [2.75, 3.05) is 13.7 Å². The molecule has 0 aliphatic carbocycles. The van der Waals surface area contributed by atoms with E-state index < -0.39 is 29.6 Å². The Labute approximate surface area is 109 Å². The molecule has 1 N–H and O–H groups in total. The number of benzene rings is 1. The van der Waals surface area contributed by atoms with Crippen LogP contribution in [0.2, 0.25) is 0 Å². The van der Waals surface area contributed by atoms with E-state index in [1.165, 1.54) is 7.11 Å². The summed E-state index contributed by atoms with van der Waals surface area (Å²) in [5.74, 6) is -1.25. The highest BCUT2D eigenvalue weighted by atomic mass is 19.4. The lowest BCUT2D eigenvalue weighted by Crippen LogP contribution is -2.15. The summed E-state index contributed by atoms with van der Waals surface area (Å²) in [5, 5.41) is 9.92. The Morgan fingerprint density at radius 2 is 1.95 bits per heavy atom. The summed E-state index contributed by atoms with van der Waals surface area (Å²) in [6, 6.07) is 2.04. The average Bonchev–Trinajstić information content (AvgIpc) is 2.34. The maximum Gasteiger partial charge on any atom is 0.416 e. The fourth-order valence-electron chi connectivity index (χ4n) is 1.71. The molecule has 108 valence electrons. The first-order chi connectivity index (χ1) is 8.77. The van der Waals surface area contributed by atoms with E-state index in [1.807, 2.05) is 0 Å². The Bertz CT molecular complexity index is 418. The first-order valence-electron chi connectivity index (χ1n) is 5.81. The normalized spacial score (nSPS) is 15.3. The third kappa shape index (κ3) is 4.18. The van der Waals surface area contributed by atoms with Crippen LogP contribution in [0.1, 0.15) is 30.6 Å². The predicted octanol–water partition coefficient (Wildman–Crippen LogP) is 3.55. The van der Waals surface area contributed by atoms with Crippen LogP contribution in [0.15, 0.2) is 18.2 Å². The predicted molar refractivity (Wildman–Crippen MR) is 62.0 cm³/mol. The molecule has 0 radical (unpaired) electrons. The molecule has 2 unspecified atom stereocenters. The molecular formula is C13H16F4O2. The molecule has 19 heavy (non-hydrogen) atoms. The van der Waals surface area contributed by atoms with Crippen LogP contribution < -0.4 is 0 Å². The first-order valence-corrected chi connectivity index (χ1v) is 5.81. The second kappa shape index (κ2) is 6.34. The topological polar surface area (TPSA) is 29.5 Å². The van der Waals surface area contributed by atoms with Crippen LogP contribution in [-0.4, -0.2) is 18.8 Å². The molecule has 0 amide bonds. The van der Waals surface area contributed by atoms with Gasteiger partial charge in [-0.15, -0.1) is 0 Å². The molecule has 0 aromatic heterocycles. The van der Waals surface area contributed by atoms with Crippen LogP contribution in [0.5, 0.6) is 0 Å². The number of aliphatic hydroxyl groups is 1. The molecule has 0 bridgehead atoms. The van der Waals surface area contributed by atoms with Crippen LogP contribution in [-0.2, 0) is 10.9 Å². The number of halogens is 4. The number of rotatable bonds is 5. The van der Waals surface area contributed by atoms with Crippen molar-refractivity contribution in [1.29, 1.82) is 0 Å². The second-order valence-electron chi connectivity index (χ2n) is 4.44. The molecule has 0 saturated heterocycles. The van der Waals surface area contributed by atoms with Gasteiger partial charge in [-0.2, -0.15) is 13.2 Å². The maximum absolute atomic E-state index is 13.5. The van der Waals surface area contributed by atoms with Gasteiger partial charge in [0.25, 0.3) is 0 Å². The molecule has 1 aromatic rings.